The Labute approximate surface area is 129 Å². The Morgan fingerprint density at radius 1 is 1.10 bits per heavy atom. The van der Waals surface area contributed by atoms with Gasteiger partial charge in [-0.05, 0) is 37.4 Å². The third-order valence-electron chi connectivity index (χ3n) is 3.00. The third kappa shape index (κ3) is 10.7. The van der Waals surface area contributed by atoms with Crippen molar-refractivity contribution in [2.24, 2.45) is 4.52 Å². The molecule has 124 valence electrons. The fourth-order valence-electron chi connectivity index (χ4n) is 1.72. The van der Waals surface area contributed by atoms with Crippen LogP contribution in [0.3, 0.4) is 0 Å². The van der Waals surface area contributed by atoms with Gasteiger partial charge < -0.3 is 8.85 Å². The molecule has 0 unspecified atom stereocenters. The number of nitrogens with zero attached hydrogens (tertiary/aromatic N) is 3. The van der Waals surface area contributed by atoms with E-state index in [1.54, 1.807) is 0 Å². The first kappa shape index (κ1) is 20.4. The maximum atomic E-state index is 11.4. The quantitative estimate of drug-likeness (QED) is 0.168. The fourth-order valence-corrected chi connectivity index (χ4v) is 5.02. The van der Waals surface area contributed by atoms with Crippen molar-refractivity contribution in [2.45, 2.75) is 58.5 Å². The van der Waals surface area contributed by atoms with E-state index in [0.717, 1.165) is 25.7 Å². The van der Waals surface area contributed by atoms with Gasteiger partial charge in [-0.25, -0.2) is 8.42 Å². The van der Waals surface area contributed by atoms with Crippen LogP contribution in [-0.4, -0.2) is 35.9 Å². The first-order chi connectivity index (χ1) is 9.89. The lowest BCUT2D eigenvalue weighted by Gasteiger charge is -2.27. The Morgan fingerprint density at radius 3 is 2.05 bits per heavy atom. The van der Waals surface area contributed by atoms with Gasteiger partial charge in [0.2, 0.25) is 10.0 Å². The molecule has 0 heterocycles. The highest BCUT2D eigenvalue weighted by molar-refractivity contribution is 7.89. The molecule has 21 heavy (non-hydrogen) atoms. The molecule has 0 aromatic rings. The van der Waals surface area contributed by atoms with E-state index in [-0.39, 0.29) is 5.75 Å². The highest BCUT2D eigenvalue weighted by atomic mass is 32.2. The highest BCUT2D eigenvalue weighted by Crippen LogP contribution is 2.18. The third-order valence-corrected chi connectivity index (χ3v) is 7.02. The van der Waals surface area contributed by atoms with Crippen LogP contribution in [0.1, 0.15) is 46.0 Å². The summed E-state index contributed by atoms with van der Waals surface area (Å²) in [6.45, 7) is 7.45. The Morgan fingerprint density at radius 2 is 1.62 bits per heavy atom. The van der Waals surface area contributed by atoms with Gasteiger partial charge in [-0.1, -0.05) is 26.7 Å². The molecule has 0 aliphatic heterocycles. The smallest absolute Gasteiger partial charge is 0.334 e. The maximum absolute atomic E-state index is 11.4. The van der Waals surface area contributed by atoms with E-state index in [1.807, 2.05) is 6.55 Å². The van der Waals surface area contributed by atoms with Gasteiger partial charge in [-0.15, -0.1) is 0 Å². The van der Waals surface area contributed by atoms with Gasteiger partial charge in [-0.3, -0.25) is 0 Å². The van der Waals surface area contributed by atoms with Crippen LogP contribution >= 0.6 is 0 Å². The second-order valence-corrected chi connectivity index (χ2v) is 10.2. The largest absolute Gasteiger partial charge is 0.394 e. The molecule has 0 aliphatic rings. The van der Waals surface area contributed by atoms with Crippen molar-refractivity contribution in [1.82, 2.24) is 0 Å². The molecule has 9 heteroatoms. The fraction of sp³-hybridized carbons (Fsp3) is 1.00. The van der Waals surface area contributed by atoms with Crippen molar-refractivity contribution >= 4 is 18.6 Å². The Bertz CT molecular complexity index is 414. The molecule has 0 N–H and O–H groups in total. The van der Waals surface area contributed by atoms with E-state index >= 15 is 0 Å². The number of sulfonamides is 1. The van der Waals surface area contributed by atoms with E-state index in [0.29, 0.717) is 25.7 Å². The van der Waals surface area contributed by atoms with Gasteiger partial charge in [0.05, 0.1) is 5.75 Å². The molecule has 0 aliphatic carbocycles. The zero-order chi connectivity index (χ0) is 16.2. The predicted molar refractivity (Wildman–Crippen MR) is 85.7 cm³/mol. The van der Waals surface area contributed by atoms with Crippen molar-refractivity contribution in [3.05, 3.63) is 10.4 Å². The molecule has 0 saturated carbocycles. The van der Waals surface area contributed by atoms with Gasteiger partial charge in [0.15, 0.2) is 0 Å². The van der Waals surface area contributed by atoms with Crippen LogP contribution in [-0.2, 0) is 18.9 Å². The first-order valence-corrected chi connectivity index (χ1v) is 11.6. The lowest BCUT2D eigenvalue weighted by molar-refractivity contribution is 0.168. The average molecular weight is 338 g/mol. The molecule has 0 fully saturated rings. The van der Waals surface area contributed by atoms with Crippen LogP contribution in [0.5, 0.6) is 0 Å². The minimum atomic E-state index is -3.68. The molecule has 0 bridgehead atoms. The molecular formula is C12H27N3O4SSi. The number of hydrogen-bond acceptors (Lipinski definition) is 4. The van der Waals surface area contributed by atoms with Gasteiger partial charge in [-0.2, -0.15) is 0 Å². The second kappa shape index (κ2) is 11.0. The molecule has 0 aromatic carbocycles. The number of rotatable bonds is 13. The zero-order valence-electron chi connectivity index (χ0n) is 13.2. The van der Waals surface area contributed by atoms with Crippen molar-refractivity contribution in [2.75, 3.05) is 19.0 Å². The van der Waals surface area contributed by atoms with E-state index in [9.17, 15) is 8.42 Å². The van der Waals surface area contributed by atoms with Crippen LogP contribution < -0.4 is 0 Å². The van der Waals surface area contributed by atoms with Crippen molar-refractivity contribution < 1.29 is 17.3 Å². The van der Waals surface area contributed by atoms with E-state index in [4.69, 9.17) is 14.4 Å². The Hall–Kier alpha value is -0.603. The Balaban J connectivity index is 4.40. The molecule has 0 saturated heterocycles. The normalized spacial score (nSPS) is 12.1. The van der Waals surface area contributed by atoms with Gasteiger partial charge in [0.25, 0.3) is 0 Å². The summed E-state index contributed by atoms with van der Waals surface area (Å²) in [5, 5.41) is 0. The van der Waals surface area contributed by atoms with Gasteiger partial charge in [0.1, 0.15) is 0 Å². The number of hydrogen-bond donors (Lipinski definition) is 0. The Kier molecular flexibility index (Phi) is 10.7. The van der Waals surface area contributed by atoms with Crippen molar-refractivity contribution in [3.63, 3.8) is 0 Å². The summed E-state index contributed by atoms with van der Waals surface area (Å²) in [7, 11) is -6.03. The SMILES string of the molecule is CCCCO[Si](C)(CCCS(=O)(=O)N=[N+]=[N-])OCCCC. The minimum absolute atomic E-state index is 0.159. The molecule has 0 aromatic heterocycles. The molecule has 0 amide bonds. The van der Waals surface area contributed by atoms with E-state index in [2.05, 4.69) is 23.3 Å². The molecule has 0 rings (SSSR count). The van der Waals surface area contributed by atoms with E-state index < -0.39 is 18.6 Å². The topological polar surface area (TPSA) is 101 Å². The summed E-state index contributed by atoms with van der Waals surface area (Å²) in [4.78, 5) is 2.33. The summed E-state index contributed by atoms with van der Waals surface area (Å²) in [5.74, 6) is -0.159. The lowest BCUT2D eigenvalue weighted by Crippen LogP contribution is -2.39. The zero-order valence-corrected chi connectivity index (χ0v) is 15.1. The molecular weight excluding hydrogens is 310 g/mol. The predicted octanol–water partition coefficient (Wildman–Crippen LogP) is 3.72. The van der Waals surface area contributed by atoms with Gasteiger partial charge in [0, 0.05) is 22.6 Å². The van der Waals surface area contributed by atoms with Gasteiger partial charge >= 0.3 is 8.56 Å². The number of unbranched alkanes of at least 4 members (excludes halogenated alkanes) is 2. The number of azide groups is 1. The highest BCUT2D eigenvalue weighted by Gasteiger charge is 2.31. The van der Waals surface area contributed by atoms with Crippen LogP contribution in [0, 0.1) is 0 Å². The van der Waals surface area contributed by atoms with Crippen LogP contribution in [0.25, 0.3) is 10.4 Å². The summed E-state index contributed by atoms with van der Waals surface area (Å²) in [6.07, 6.45) is 4.42. The van der Waals surface area contributed by atoms with E-state index in [1.165, 1.54) is 0 Å². The summed E-state index contributed by atoms with van der Waals surface area (Å²) in [6, 6.07) is 0.584. The minimum Gasteiger partial charge on any atom is -0.394 e. The molecule has 7 nitrogen and oxygen atoms in total. The lowest BCUT2D eigenvalue weighted by atomic mass is 10.4. The first-order valence-electron chi connectivity index (χ1n) is 7.46. The van der Waals surface area contributed by atoms with Crippen molar-refractivity contribution in [1.29, 1.82) is 0 Å². The molecule has 0 atom stereocenters. The summed E-state index contributed by atoms with van der Waals surface area (Å²) < 4.78 is 37.3. The van der Waals surface area contributed by atoms with Crippen LogP contribution in [0.2, 0.25) is 12.6 Å². The second-order valence-electron chi connectivity index (χ2n) is 5.10. The van der Waals surface area contributed by atoms with Crippen molar-refractivity contribution in [3.8, 4) is 0 Å². The standard InChI is InChI=1S/C12H27N3O4SSi/c1-4-6-9-18-21(3,19-10-7-5-2)12-8-11-20(16,17)15-14-13/h4-12H2,1-3H3. The maximum Gasteiger partial charge on any atom is 0.334 e. The molecule has 0 radical (unpaired) electrons. The monoisotopic (exact) mass is 337 g/mol. The van der Waals surface area contributed by atoms with Crippen LogP contribution in [0.4, 0.5) is 0 Å². The molecule has 0 spiro atoms. The summed E-state index contributed by atoms with van der Waals surface area (Å²) >= 11 is 0. The average Bonchev–Trinajstić information content (AvgIpc) is 2.39. The summed E-state index contributed by atoms with van der Waals surface area (Å²) in [5.41, 5.74) is 8.19. The van der Waals surface area contributed by atoms with Crippen LogP contribution in [0.15, 0.2) is 4.52 Å².